The number of ether oxygens (including phenoxy) is 1. The zero-order valence-corrected chi connectivity index (χ0v) is 16.5. The van der Waals surface area contributed by atoms with Crippen LogP contribution in [0.4, 0.5) is 0 Å². The van der Waals surface area contributed by atoms with Gasteiger partial charge in [0.15, 0.2) is 0 Å². The second-order valence-electron chi connectivity index (χ2n) is 7.50. The third-order valence-electron chi connectivity index (χ3n) is 5.38. The average molecular weight is 383 g/mol. The van der Waals surface area contributed by atoms with Gasteiger partial charge >= 0.3 is 0 Å². The highest BCUT2D eigenvalue weighted by atomic mass is 16.5. The fourth-order valence-corrected chi connectivity index (χ4v) is 4.02. The number of nitrogens with one attached hydrogen (secondary N) is 1. The number of rotatable bonds is 4. The number of amides is 1. The highest BCUT2D eigenvalue weighted by molar-refractivity contribution is 6.00. The minimum Gasteiger partial charge on any atom is -0.493 e. The van der Waals surface area contributed by atoms with Gasteiger partial charge in [-0.25, -0.2) is 0 Å². The van der Waals surface area contributed by atoms with Gasteiger partial charge in [-0.05, 0) is 25.8 Å². The molecular weight excluding hydrogens is 358 g/mol. The fourth-order valence-electron chi connectivity index (χ4n) is 4.02. The Labute approximate surface area is 162 Å². The number of carbonyl (C=O) groups excluding carboxylic acids is 1. The fraction of sp³-hybridized carbons (Fsp3) is 0.500. The topological polar surface area (TPSA) is 92.6 Å². The van der Waals surface area contributed by atoms with Crippen molar-refractivity contribution in [1.82, 2.24) is 24.5 Å². The van der Waals surface area contributed by atoms with Crippen LogP contribution in [-0.4, -0.2) is 51.1 Å². The van der Waals surface area contributed by atoms with E-state index < -0.39 is 0 Å². The summed E-state index contributed by atoms with van der Waals surface area (Å²) in [7, 11) is 3.38. The highest BCUT2D eigenvalue weighted by Gasteiger charge is 2.24. The molecule has 1 aliphatic carbocycles. The van der Waals surface area contributed by atoms with Crippen LogP contribution in [-0.2, 0) is 0 Å². The van der Waals surface area contributed by atoms with E-state index in [4.69, 9.17) is 4.74 Å². The quantitative estimate of drug-likeness (QED) is 0.748. The Kier molecular flexibility index (Phi) is 4.78. The number of aromatic nitrogens is 4. The molecule has 4 rings (SSSR count). The first-order valence-corrected chi connectivity index (χ1v) is 9.80. The SMILES string of the molecule is CCOc1cc2c(cc1C(=O)N(C)C)[nH]c(=O)c1nnc(C3CCCCC3)n12. The van der Waals surface area contributed by atoms with Gasteiger partial charge in [-0.3, -0.25) is 14.0 Å². The zero-order valence-electron chi connectivity index (χ0n) is 16.5. The van der Waals surface area contributed by atoms with Gasteiger partial charge in [-0.15, -0.1) is 10.2 Å². The van der Waals surface area contributed by atoms with E-state index in [1.807, 2.05) is 17.4 Å². The summed E-state index contributed by atoms with van der Waals surface area (Å²) in [4.78, 5) is 29.6. The van der Waals surface area contributed by atoms with Crippen LogP contribution in [0.3, 0.4) is 0 Å². The van der Waals surface area contributed by atoms with E-state index in [0.717, 1.165) is 37.0 Å². The molecule has 0 atom stereocenters. The van der Waals surface area contributed by atoms with Crippen LogP contribution >= 0.6 is 0 Å². The smallest absolute Gasteiger partial charge is 0.294 e. The molecule has 148 valence electrons. The molecule has 1 aromatic carbocycles. The predicted molar refractivity (Wildman–Crippen MR) is 106 cm³/mol. The number of benzene rings is 1. The molecule has 2 aromatic heterocycles. The number of nitrogens with zero attached hydrogens (tertiary/aromatic N) is 4. The molecule has 0 aliphatic heterocycles. The Morgan fingerprint density at radius 1 is 1.25 bits per heavy atom. The van der Waals surface area contributed by atoms with Crippen molar-refractivity contribution in [2.45, 2.75) is 44.9 Å². The van der Waals surface area contributed by atoms with Crippen molar-refractivity contribution in [2.75, 3.05) is 20.7 Å². The standard InChI is InChI=1S/C20H25N5O3/c1-4-28-16-11-15-14(10-13(16)20(27)24(2)3)21-19(26)18-23-22-17(25(15)18)12-8-6-5-7-9-12/h10-12H,4-9H2,1-3H3,(H,21,26). The number of carbonyl (C=O) groups is 1. The second-order valence-corrected chi connectivity index (χ2v) is 7.50. The first-order valence-electron chi connectivity index (χ1n) is 9.80. The van der Waals surface area contributed by atoms with Gasteiger partial charge in [-0.1, -0.05) is 19.3 Å². The molecule has 1 aliphatic rings. The number of H-pyrrole nitrogens is 1. The van der Waals surface area contributed by atoms with Gasteiger partial charge in [0.25, 0.3) is 11.5 Å². The second kappa shape index (κ2) is 7.26. The molecule has 0 bridgehead atoms. The van der Waals surface area contributed by atoms with Crippen LogP contribution in [0.25, 0.3) is 16.7 Å². The van der Waals surface area contributed by atoms with Crippen molar-refractivity contribution in [2.24, 2.45) is 0 Å². The molecule has 1 amide bonds. The number of hydrogen-bond acceptors (Lipinski definition) is 5. The van der Waals surface area contributed by atoms with Gasteiger partial charge in [0.05, 0.1) is 23.2 Å². The van der Waals surface area contributed by atoms with Crippen LogP contribution in [0.1, 0.15) is 61.1 Å². The van der Waals surface area contributed by atoms with Gasteiger partial charge in [0.2, 0.25) is 5.65 Å². The van der Waals surface area contributed by atoms with E-state index >= 15 is 0 Å². The monoisotopic (exact) mass is 383 g/mol. The Hall–Kier alpha value is -2.90. The third-order valence-corrected chi connectivity index (χ3v) is 5.38. The Balaban J connectivity index is 2.00. The molecule has 2 heterocycles. The zero-order chi connectivity index (χ0) is 19.8. The molecule has 8 heteroatoms. The van der Waals surface area contributed by atoms with E-state index in [2.05, 4.69) is 15.2 Å². The van der Waals surface area contributed by atoms with Crippen molar-refractivity contribution in [1.29, 1.82) is 0 Å². The highest BCUT2D eigenvalue weighted by Crippen LogP contribution is 2.33. The average Bonchev–Trinajstić information content (AvgIpc) is 3.14. The number of aromatic amines is 1. The van der Waals surface area contributed by atoms with Crippen molar-refractivity contribution in [3.05, 3.63) is 33.9 Å². The lowest BCUT2D eigenvalue weighted by molar-refractivity contribution is 0.0823. The summed E-state index contributed by atoms with van der Waals surface area (Å²) >= 11 is 0. The van der Waals surface area contributed by atoms with Crippen LogP contribution in [0, 0.1) is 0 Å². The minimum atomic E-state index is -0.311. The normalized spacial score (nSPS) is 15.2. The van der Waals surface area contributed by atoms with Crippen molar-refractivity contribution >= 4 is 22.6 Å². The molecule has 0 saturated heterocycles. The summed E-state index contributed by atoms with van der Waals surface area (Å²) in [5.74, 6) is 1.42. The van der Waals surface area contributed by atoms with Crippen LogP contribution < -0.4 is 10.3 Å². The molecule has 8 nitrogen and oxygen atoms in total. The van der Waals surface area contributed by atoms with E-state index in [1.54, 1.807) is 20.2 Å². The molecule has 28 heavy (non-hydrogen) atoms. The maximum Gasteiger partial charge on any atom is 0.294 e. The summed E-state index contributed by atoms with van der Waals surface area (Å²) < 4.78 is 7.61. The van der Waals surface area contributed by atoms with Crippen LogP contribution in [0.15, 0.2) is 16.9 Å². The van der Waals surface area contributed by atoms with E-state index in [9.17, 15) is 9.59 Å². The molecule has 1 saturated carbocycles. The van der Waals surface area contributed by atoms with Gasteiger partial charge < -0.3 is 14.6 Å². The van der Waals surface area contributed by atoms with Gasteiger partial charge in [-0.2, -0.15) is 0 Å². The predicted octanol–water partition coefficient (Wildman–Crippen LogP) is 2.72. The molecular formula is C20H25N5O3. The summed E-state index contributed by atoms with van der Waals surface area (Å²) in [5, 5.41) is 8.53. The van der Waals surface area contributed by atoms with Gasteiger partial charge in [0.1, 0.15) is 11.6 Å². The number of fused-ring (bicyclic) bond motifs is 3. The lowest BCUT2D eigenvalue weighted by atomic mass is 9.89. The maximum atomic E-state index is 12.6. The molecule has 1 fully saturated rings. The minimum absolute atomic E-state index is 0.178. The maximum absolute atomic E-state index is 12.6. The Morgan fingerprint density at radius 3 is 2.68 bits per heavy atom. The summed E-state index contributed by atoms with van der Waals surface area (Å²) in [6.45, 7) is 2.31. The largest absolute Gasteiger partial charge is 0.493 e. The van der Waals surface area contributed by atoms with Gasteiger partial charge in [0, 0.05) is 26.1 Å². The Morgan fingerprint density at radius 2 is 2.00 bits per heavy atom. The van der Waals surface area contributed by atoms with Crippen LogP contribution in [0.5, 0.6) is 5.75 Å². The van der Waals surface area contributed by atoms with E-state index in [0.29, 0.717) is 23.4 Å². The summed E-state index contributed by atoms with van der Waals surface area (Å²) in [6.07, 6.45) is 5.65. The lowest BCUT2D eigenvalue weighted by Crippen LogP contribution is -2.23. The third kappa shape index (κ3) is 3.02. The van der Waals surface area contributed by atoms with E-state index in [-0.39, 0.29) is 23.0 Å². The molecule has 3 aromatic rings. The molecule has 1 N–H and O–H groups in total. The van der Waals surface area contributed by atoms with Crippen LogP contribution in [0.2, 0.25) is 0 Å². The van der Waals surface area contributed by atoms with Crippen molar-refractivity contribution < 1.29 is 9.53 Å². The first kappa shape index (κ1) is 18.5. The summed E-state index contributed by atoms with van der Waals surface area (Å²) in [6, 6.07) is 3.50. The summed E-state index contributed by atoms with van der Waals surface area (Å²) in [5.41, 5.74) is 1.71. The number of hydrogen-bond donors (Lipinski definition) is 1. The lowest BCUT2D eigenvalue weighted by Gasteiger charge is -2.20. The van der Waals surface area contributed by atoms with Crippen molar-refractivity contribution in [3.8, 4) is 5.75 Å². The van der Waals surface area contributed by atoms with E-state index in [1.165, 1.54) is 11.3 Å². The molecule has 0 radical (unpaired) electrons. The first-order chi connectivity index (χ1) is 13.5. The molecule has 0 spiro atoms. The van der Waals surface area contributed by atoms with Crippen molar-refractivity contribution in [3.63, 3.8) is 0 Å². The Bertz CT molecular complexity index is 1090. The molecule has 0 unspecified atom stereocenters.